The molecule has 2 N–H and O–H groups in total. The number of carboxylic acid groups (broad SMARTS) is 1. The summed E-state index contributed by atoms with van der Waals surface area (Å²) in [6, 6.07) is 5.06. The molecule has 0 spiro atoms. The van der Waals surface area contributed by atoms with Gasteiger partial charge in [0.15, 0.2) is 0 Å². The molecule has 1 fully saturated rings. The van der Waals surface area contributed by atoms with Crippen LogP contribution in [-0.2, 0) is 4.79 Å². The molecule has 21 heavy (non-hydrogen) atoms. The number of benzene rings is 1. The number of hydrogen-bond donors (Lipinski definition) is 2. The molecule has 0 radical (unpaired) electrons. The predicted molar refractivity (Wildman–Crippen MR) is 83.0 cm³/mol. The number of nitrogens with zero attached hydrogens (tertiary/aromatic N) is 1. The van der Waals surface area contributed by atoms with E-state index in [1.165, 1.54) is 0 Å². The number of anilines is 2. The van der Waals surface area contributed by atoms with Gasteiger partial charge in [-0.25, -0.2) is 4.79 Å². The highest BCUT2D eigenvalue weighted by Gasteiger charge is 2.23. The van der Waals surface area contributed by atoms with E-state index in [0.29, 0.717) is 18.7 Å². The monoisotopic (exact) mass is 290 g/mol. The van der Waals surface area contributed by atoms with Gasteiger partial charge in [0.25, 0.3) is 0 Å². The Morgan fingerprint density at radius 1 is 1.33 bits per heavy atom. The molecule has 5 heteroatoms. The average molecular weight is 290 g/mol. The first kappa shape index (κ1) is 15.4. The summed E-state index contributed by atoms with van der Waals surface area (Å²) < 4.78 is 0. The fourth-order valence-corrected chi connectivity index (χ4v) is 2.52. The normalized spacial score (nSPS) is 14.5. The second-order valence-electron chi connectivity index (χ2n) is 5.36. The Kier molecular flexibility index (Phi) is 5.20. The van der Waals surface area contributed by atoms with Crippen LogP contribution in [0, 0.1) is 0 Å². The van der Waals surface area contributed by atoms with E-state index < -0.39 is 5.97 Å². The van der Waals surface area contributed by atoms with Crippen molar-refractivity contribution in [3.63, 3.8) is 0 Å². The van der Waals surface area contributed by atoms with Gasteiger partial charge in [0.05, 0.1) is 5.56 Å². The quantitative estimate of drug-likeness (QED) is 0.757. The van der Waals surface area contributed by atoms with Crippen LogP contribution in [0.5, 0.6) is 0 Å². The number of carbonyl (C=O) groups is 2. The lowest BCUT2D eigenvalue weighted by Gasteiger charge is -2.18. The highest BCUT2D eigenvalue weighted by molar-refractivity contribution is 5.98. The minimum Gasteiger partial charge on any atom is -0.478 e. The van der Waals surface area contributed by atoms with E-state index in [0.717, 1.165) is 37.9 Å². The Labute approximate surface area is 125 Å². The summed E-state index contributed by atoms with van der Waals surface area (Å²) in [5.74, 6) is -0.908. The van der Waals surface area contributed by atoms with Gasteiger partial charge in [0.2, 0.25) is 5.91 Å². The molecule has 0 bridgehead atoms. The van der Waals surface area contributed by atoms with Gasteiger partial charge in [-0.05, 0) is 31.0 Å². The van der Waals surface area contributed by atoms with Crippen molar-refractivity contribution in [1.29, 1.82) is 0 Å². The van der Waals surface area contributed by atoms with E-state index in [2.05, 4.69) is 12.2 Å². The Balaban J connectivity index is 2.17. The standard InChI is InChI=1S/C16H22N2O3/c1-2-3-4-7-17-13-9-12(16(20)21)10-14(11-13)18-8-5-6-15(18)19/h9-11,17H,2-8H2,1H3,(H,20,21). The van der Waals surface area contributed by atoms with Crippen LogP contribution in [0.15, 0.2) is 18.2 Å². The first-order valence-electron chi connectivity index (χ1n) is 7.54. The van der Waals surface area contributed by atoms with Gasteiger partial charge in [0, 0.05) is 30.9 Å². The Hall–Kier alpha value is -2.04. The number of carbonyl (C=O) groups excluding carboxylic acids is 1. The second kappa shape index (κ2) is 7.11. The Morgan fingerprint density at radius 3 is 2.76 bits per heavy atom. The summed E-state index contributed by atoms with van der Waals surface area (Å²) in [6.45, 7) is 3.61. The molecule has 0 aromatic heterocycles. The molecule has 0 saturated carbocycles. The molecular formula is C16H22N2O3. The van der Waals surface area contributed by atoms with Gasteiger partial charge in [0.1, 0.15) is 0 Å². The molecule has 1 saturated heterocycles. The van der Waals surface area contributed by atoms with Crippen LogP contribution in [-0.4, -0.2) is 30.1 Å². The number of nitrogens with one attached hydrogen (secondary N) is 1. The molecule has 1 aliphatic rings. The minimum absolute atomic E-state index is 0.0643. The van der Waals surface area contributed by atoms with Crippen molar-refractivity contribution < 1.29 is 14.7 Å². The van der Waals surface area contributed by atoms with Gasteiger partial charge in [-0.2, -0.15) is 0 Å². The van der Waals surface area contributed by atoms with Gasteiger partial charge in [-0.1, -0.05) is 19.8 Å². The van der Waals surface area contributed by atoms with Crippen molar-refractivity contribution in [2.24, 2.45) is 0 Å². The molecule has 1 amide bonds. The molecular weight excluding hydrogens is 268 g/mol. The molecule has 5 nitrogen and oxygen atoms in total. The Bertz CT molecular complexity index is 528. The third-order valence-corrected chi connectivity index (χ3v) is 3.66. The highest BCUT2D eigenvalue weighted by atomic mass is 16.4. The topological polar surface area (TPSA) is 69.6 Å². The van der Waals surface area contributed by atoms with E-state index in [1.807, 2.05) is 6.07 Å². The number of amides is 1. The van der Waals surface area contributed by atoms with Crippen LogP contribution >= 0.6 is 0 Å². The number of carboxylic acids is 1. The summed E-state index contributed by atoms with van der Waals surface area (Å²) in [5, 5.41) is 12.5. The number of hydrogen-bond acceptors (Lipinski definition) is 3. The second-order valence-corrected chi connectivity index (χ2v) is 5.36. The highest BCUT2D eigenvalue weighted by Crippen LogP contribution is 2.26. The van der Waals surface area contributed by atoms with E-state index in [9.17, 15) is 14.7 Å². The fraction of sp³-hybridized carbons (Fsp3) is 0.500. The zero-order valence-electron chi connectivity index (χ0n) is 12.4. The molecule has 1 aromatic rings. The van der Waals surface area contributed by atoms with Crippen LogP contribution in [0.25, 0.3) is 0 Å². The lowest BCUT2D eigenvalue weighted by atomic mass is 10.1. The minimum atomic E-state index is -0.972. The molecule has 1 aliphatic heterocycles. The maximum Gasteiger partial charge on any atom is 0.335 e. The van der Waals surface area contributed by atoms with Gasteiger partial charge in [-0.3, -0.25) is 4.79 Å². The maximum atomic E-state index is 11.8. The summed E-state index contributed by atoms with van der Waals surface area (Å²) in [6.07, 6.45) is 4.70. The zero-order chi connectivity index (χ0) is 15.2. The van der Waals surface area contributed by atoms with E-state index in [1.54, 1.807) is 17.0 Å². The molecule has 1 aromatic carbocycles. The molecule has 0 unspecified atom stereocenters. The Morgan fingerprint density at radius 2 is 2.14 bits per heavy atom. The van der Waals surface area contributed by atoms with Gasteiger partial charge in [-0.15, -0.1) is 0 Å². The van der Waals surface area contributed by atoms with Gasteiger partial charge < -0.3 is 15.3 Å². The maximum absolute atomic E-state index is 11.8. The third kappa shape index (κ3) is 3.97. The van der Waals surface area contributed by atoms with Crippen molar-refractivity contribution in [3.05, 3.63) is 23.8 Å². The summed E-state index contributed by atoms with van der Waals surface area (Å²) in [5.41, 5.74) is 1.65. The molecule has 0 atom stereocenters. The molecule has 114 valence electrons. The van der Waals surface area contributed by atoms with Crippen molar-refractivity contribution in [2.45, 2.75) is 39.0 Å². The lowest BCUT2D eigenvalue weighted by Crippen LogP contribution is -2.24. The largest absolute Gasteiger partial charge is 0.478 e. The van der Waals surface area contributed by atoms with Crippen molar-refractivity contribution in [3.8, 4) is 0 Å². The third-order valence-electron chi connectivity index (χ3n) is 3.66. The number of aromatic carboxylic acids is 1. The van der Waals surface area contributed by atoms with Crippen molar-refractivity contribution in [1.82, 2.24) is 0 Å². The zero-order valence-corrected chi connectivity index (χ0v) is 12.4. The van der Waals surface area contributed by atoms with Crippen LogP contribution < -0.4 is 10.2 Å². The SMILES string of the molecule is CCCCCNc1cc(C(=O)O)cc(N2CCCC2=O)c1. The van der Waals surface area contributed by atoms with Crippen molar-refractivity contribution in [2.75, 3.05) is 23.3 Å². The van der Waals surface area contributed by atoms with Crippen LogP contribution in [0.4, 0.5) is 11.4 Å². The number of unbranched alkanes of at least 4 members (excludes halogenated alkanes) is 2. The lowest BCUT2D eigenvalue weighted by molar-refractivity contribution is -0.117. The molecule has 1 heterocycles. The first-order chi connectivity index (χ1) is 10.1. The summed E-state index contributed by atoms with van der Waals surface area (Å²) in [4.78, 5) is 24.7. The number of rotatable bonds is 7. The van der Waals surface area contributed by atoms with Gasteiger partial charge >= 0.3 is 5.97 Å². The van der Waals surface area contributed by atoms with E-state index in [-0.39, 0.29) is 11.5 Å². The average Bonchev–Trinajstić information content (AvgIpc) is 2.89. The van der Waals surface area contributed by atoms with Crippen LogP contribution in [0.3, 0.4) is 0 Å². The van der Waals surface area contributed by atoms with Crippen LogP contribution in [0.1, 0.15) is 49.4 Å². The van der Waals surface area contributed by atoms with Crippen LogP contribution in [0.2, 0.25) is 0 Å². The summed E-state index contributed by atoms with van der Waals surface area (Å²) >= 11 is 0. The van der Waals surface area contributed by atoms with E-state index >= 15 is 0 Å². The fourth-order valence-electron chi connectivity index (χ4n) is 2.52. The molecule has 2 rings (SSSR count). The summed E-state index contributed by atoms with van der Waals surface area (Å²) in [7, 11) is 0. The first-order valence-corrected chi connectivity index (χ1v) is 7.54. The molecule has 0 aliphatic carbocycles. The smallest absolute Gasteiger partial charge is 0.335 e. The predicted octanol–water partition coefficient (Wildman–Crippen LogP) is 3.11. The van der Waals surface area contributed by atoms with Crippen molar-refractivity contribution >= 4 is 23.3 Å². The van der Waals surface area contributed by atoms with E-state index in [4.69, 9.17) is 0 Å².